The first-order valence-corrected chi connectivity index (χ1v) is 6.20. The fraction of sp³-hybridized carbons (Fsp3) is 1.00. The Hall–Kier alpha value is -0.0800. The standard InChI is InChI=1S/C12H24N2/c1-12(7-8-12)14-9-10-5-3-2-4-6-11(10)13/h10-11,14H,2-9,13H2,1H3. The predicted molar refractivity (Wildman–Crippen MR) is 60.2 cm³/mol. The van der Waals surface area contributed by atoms with E-state index in [1.807, 2.05) is 0 Å². The number of nitrogens with two attached hydrogens (primary N) is 1. The van der Waals surface area contributed by atoms with E-state index >= 15 is 0 Å². The van der Waals surface area contributed by atoms with Gasteiger partial charge in [-0.3, -0.25) is 0 Å². The molecule has 2 fully saturated rings. The topological polar surface area (TPSA) is 38.0 Å². The van der Waals surface area contributed by atoms with E-state index in [1.165, 1.54) is 44.9 Å². The first-order chi connectivity index (χ1) is 6.70. The molecule has 2 atom stereocenters. The Bertz CT molecular complexity index is 187. The summed E-state index contributed by atoms with van der Waals surface area (Å²) in [6, 6.07) is 0.451. The Labute approximate surface area is 87.6 Å². The second-order valence-electron chi connectivity index (χ2n) is 5.50. The third kappa shape index (κ3) is 2.71. The SMILES string of the molecule is CC1(NCC2CCCCCC2N)CC1. The summed E-state index contributed by atoms with van der Waals surface area (Å²) < 4.78 is 0. The van der Waals surface area contributed by atoms with Gasteiger partial charge < -0.3 is 11.1 Å². The lowest BCUT2D eigenvalue weighted by Crippen LogP contribution is -2.40. The molecule has 0 aromatic heterocycles. The molecule has 0 aliphatic heterocycles. The highest BCUT2D eigenvalue weighted by atomic mass is 15.0. The van der Waals surface area contributed by atoms with Crippen LogP contribution in [0, 0.1) is 5.92 Å². The third-order valence-corrected chi connectivity index (χ3v) is 4.01. The van der Waals surface area contributed by atoms with E-state index in [2.05, 4.69) is 12.2 Å². The van der Waals surface area contributed by atoms with Crippen molar-refractivity contribution in [3.8, 4) is 0 Å². The molecule has 82 valence electrons. The maximum Gasteiger partial charge on any atom is 0.0154 e. The molecule has 0 aromatic rings. The Morgan fingerprint density at radius 1 is 1.21 bits per heavy atom. The van der Waals surface area contributed by atoms with Crippen molar-refractivity contribution in [2.75, 3.05) is 6.54 Å². The highest BCUT2D eigenvalue weighted by molar-refractivity contribution is 4.98. The zero-order chi connectivity index (χ0) is 10.0. The van der Waals surface area contributed by atoms with Crippen LogP contribution in [-0.2, 0) is 0 Å². The summed E-state index contributed by atoms with van der Waals surface area (Å²) in [6.07, 6.45) is 9.41. The predicted octanol–water partition coefficient (Wildman–Crippen LogP) is 2.04. The van der Waals surface area contributed by atoms with Crippen molar-refractivity contribution in [1.29, 1.82) is 0 Å². The second kappa shape index (κ2) is 4.19. The van der Waals surface area contributed by atoms with Crippen molar-refractivity contribution in [2.24, 2.45) is 11.7 Å². The molecule has 0 amide bonds. The number of hydrogen-bond donors (Lipinski definition) is 2. The average Bonchev–Trinajstić information content (AvgIpc) is 2.90. The van der Waals surface area contributed by atoms with Gasteiger partial charge >= 0.3 is 0 Å². The summed E-state index contributed by atoms with van der Waals surface area (Å²) in [5.41, 5.74) is 6.67. The number of rotatable bonds is 3. The van der Waals surface area contributed by atoms with Crippen molar-refractivity contribution < 1.29 is 0 Å². The van der Waals surface area contributed by atoms with Gasteiger partial charge in [-0.15, -0.1) is 0 Å². The minimum atomic E-state index is 0.451. The molecule has 0 bridgehead atoms. The summed E-state index contributed by atoms with van der Waals surface area (Å²) in [6.45, 7) is 3.48. The molecular weight excluding hydrogens is 172 g/mol. The molecule has 2 unspecified atom stereocenters. The van der Waals surface area contributed by atoms with Crippen LogP contribution in [0.5, 0.6) is 0 Å². The van der Waals surface area contributed by atoms with Crippen LogP contribution in [0.2, 0.25) is 0 Å². The molecule has 2 heteroatoms. The van der Waals surface area contributed by atoms with Crippen LogP contribution in [-0.4, -0.2) is 18.1 Å². The van der Waals surface area contributed by atoms with E-state index < -0.39 is 0 Å². The highest BCUT2D eigenvalue weighted by Crippen LogP contribution is 2.34. The molecule has 2 saturated carbocycles. The number of nitrogens with one attached hydrogen (secondary N) is 1. The molecule has 0 spiro atoms. The van der Waals surface area contributed by atoms with Gasteiger partial charge in [0.15, 0.2) is 0 Å². The number of hydrogen-bond acceptors (Lipinski definition) is 2. The quantitative estimate of drug-likeness (QED) is 0.678. The van der Waals surface area contributed by atoms with Gasteiger partial charge in [-0.05, 0) is 45.1 Å². The first kappa shape index (κ1) is 10.4. The van der Waals surface area contributed by atoms with E-state index in [9.17, 15) is 0 Å². The van der Waals surface area contributed by atoms with E-state index in [1.54, 1.807) is 0 Å². The van der Waals surface area contributed by atoms with Gasteiger partial charge in [0, 0.05) is 11.6 Å². The summed E-state index contributed by atoms with van der Waals surface area (Å²) in [7, 11) is 0. The molecule has 0 heterocycles. The van der Waals surface area contributed by atoms with Gasteiger partial charge in [-0.1, -0.05) is 19.3 Å². The minimum absolute atomic E-state index is 0.451. The van der Waals surface area contributed by atoms with Crippen LogP contribution in [0.3, 0.4) is 0 Å². The van der Waals surface area contributed by atoms with Crippen LogP contribution in [0.15, 0.2) is 0 Å². The molecule has 14 heavy (non-hydrogen) atoms. The largest absolute Gasteiger partial charge is 0.327 e. The lowest BCUT2D eigenvalue weighted by Gasteiger charge is -2.23. The van der Waals surface area contributed by atoms with Crippen molar-refractivity contribution in [3.63, 3.8) is 0 Å². The minimum Gasteiger partial charge on any atom is -0.327 e. The maximum absolute atomic E-state index is 6.19. The molecular formula is C12H24N2. The molecule has 2 nitrogen and oxygen atoms in total. The van der Waals surface area contributed by atoms with Gasteiger partial charge in [0.1, 0.15) is 0 Å². The normalized spacial score (nSPS) is 36.4. The smallest absolute Gasteiger partial charge is 0.0154 e. The second-order valence-corrected chi connectivity index (χ2v) is 5.50. The molecule has 0 saturated heterocycles. The zero-order valence-electron chi connectivity index (χ0n) is 9.39. The first-order valence-electron chi connectivity index (χ1n) is 6.20. The summed E-state index contributed by atoms with van der Waals surface area (Å²) in [5, 5.41) is 3.68. The van der Waals surface area contributed by atoms with Gasteiger partial charge in [-0.2, -0.15) is 0 Å². The Morgan fingerprint density at radius 3 is 2.64 bits per heavy atom. The Kier molecular flexibility index (Phi) is 3.13. The van der Waals surface area contributed by atoms with Crippen LogP contribution in [0.25, 0.3) is 0 Å². The molecule has 2 rings (SSSR count). The Morgan fingerprint density at radius 2 is 1.93 bits per heavy atom. The summed E-state index contributed by atoms with van der Waals surface area (Å²) >= 11 is 0. The van der Waals surface area contributed by atoms with Crippen LogP contribution in [0.4, 0.5) is 0 Å². The van der Waals surface area contributed by atoms with Crippen molar-refractivity contribution in [1.82, 2.24) is 5.32 Å². The van der Waals surface area contributed by atoms with Crippen molar-refractivity contribution in [3.05, 3.63) is 0 Å². The molecule has 2 aliphatic rings. The van der Waals surface area contributed by atoms with E-state index in [0.717, 1.165) is 12.5 Å². The average molecular weight is 196 g/mol. The molecule has 2 aliphatic carbocycles. The summed E-state index contributed by atoms with van der Waals surface area (Å²) in [4.78, 5) is 0. The van der Waals surface area contributed by atoms with Gasteiger partial charge in [0.25, 0.3) is 0 Å². The molecule has 0 radical (unpaired) electrons. The van der Waals surface area contributed by atoms with E-state index in [0.29, 0.717) is 11.6 Å². The lowest BCUT2D eigenvalue weighted by atomic mass is 9.95. The fourth-order valence-corrected chi connectivity index (χ4v) is 2.41. The van der Waals surface area contributed by atoms with Crippen LogP contribution >= 0.6 is 0 Å². The maximum atomic E-state index is 6.19. The van der Waals surface area contributed by atoms with Gasteiger partial charge in [-0.25, -0.2) is 0 Å². The van der Waals surface area contributed by atoms with Crippen molar-refractivity contribution in [2.45, 2.75) is 63.5 Å². The summed E-state index contributed by atoms with van der Waals surface area (Å²) in [5.74, 6) is 0.731. The van der Waals surface area contributed by atoms with Gasteiger partial charge in [0.05, 0.1) is 0 Å². The fourth-order valence-electron chi connectivity index (χ4n) is 2.41. The Balaban J connectivity index is 1.76. The lowest BCUT2D eigenvalue weighted by molar-refractivity contribution is 0.352. The monoisotopic (exact) mass is 196 g/mol. The van der Waals surface area contributed by atoms with Crippen LogP contribution in [0.1, 0.15) is 51.9 Å². The van der Waals surface area contributed by atoms with E-state index in [-0.39, 0.29) is 0 Å². The third-order valence-electron chi connectivity index (χ3n) is 4.01. The molecule has 3 N–H and O–H groups in total. The van der Waals surface area contributed by atoms with Crippen LogP contribution < -0.4 is 11.1 Å². The zero-order valence-corrected chi connectivity index (χ0v) is 9.39. The molecule has 0 aromatic carbocycles. The van der Waals surface area contributed by atoms with E-state index in [4.69, 9.17) is 5.73 Å². The van der Waals surface area contributed by atoms with Crippen molar-refractivity contribution >= 4 is 0 Å². The highest BCUT2D eigenvalue weighted by Gasteiger charge is 2.37. The van der Waals surface area contributed by atoms with Gasteiger partial charge in [0.2, 0.25) is 0 Å².